The highest BCUT2D eigenvalue weighted by Crippen LogP contribution is 2.33. The van der Waals surface area contributed by atoms with E-state index in [1.165, 1.54) is 11.1 Å². The molecule has 0 aromatic heterocycles. The Morgan fingerprint density at radius 2 is 2.04 bits per heavy atom. The van der Waals surface area contributed by atoms with Gasteiger partial charge in [0.25, 0.3) is 0 Å². The molecule has 0 saturated carbocycles. The lowest BCUT2D eigenvalue weighted by atomic mass is 9.83. The molecule has 1 N–H and O–H groups in total. The molecule has 1 fully saturated rings. The van der Waals surface area contributed by atoms with E-state index in [1.807, 2.05) is 4.90 Å². The van der Waals surface area contributed by atoms with Crippen LogP contribution in [0.1, 0.15) is 69.6 Å². The minimum atomic E-state index is -0.747. The Labute approximate surface area is 162 Å². The molecule has 1 saturated heterocycles. The average Bonchev–Trinajstić information content (AvgIpc) is 2.59. The number of carbonyl (C=O) groups is 1. The van der Waals surface area contributed by atoms with Crippen molar-refractivity contribution in [3.63, 3.8) is 0 Å². The maximum Gasteiger partial charge on any atom is 0.320 e. The van der Waals surface area contributed by atoms with E-state index in [2.05, 4.69) is 39.8 Å². The van der Waals surface area contributed by atoms with Crippen molar-refractivity contribution in [1.82, 2.24) is 4.90 Å². The van der Waals surface area contributed by atoms with E-state index in [4.69, 9.17) is 4.74 Å². The van der Waals surface area contributed by atoms with Crippen LogP contribution in [0.15, 0.2) is 12.1 Å². The zero-order valence-electron chi connectivity index (χ0n) is 17.2. The Morgan fingerprint density at radius 1 is 1.30 bits per heavy atom. The molecule has 0 unspecified atom stereocenters. The summed E-state index contributed by atoms with van der Waals surface area (Å²) >= 11 is 0. The van der Waals surface area contributed by atoms with Crippen LogP contribution in [0, 0.1) is 6.92 Å². The van der Waals surface area contributed by atoms with Gasteiger partial charge in [-0.25, -0.2) is 0 Å². The maximum atomic E-state index is 12.4. The third-order valence-electron chi connectivity index (χ3n) is 5.27. The molecule has 0 spiro atoms. The van der Waals surface area contributed by atoms with E-state index < -0.39 is 12.0 Å². The predicted octanol–water partition coefficient (Wildman–Crippen LogP) is 4.86. The Kier molecular flexibility index (Phi) is 7.66. The monoisotopic (exact) mass is 379 g/mol. The molecule has 1 aliphatic rings. The number of rotatable bonds is 8. The van der Waals surface area contributed by atoms with Gasteiger partial charge in [0, 0.05) is 12.1 Å². The average molecular weight is 380 g/mol. The molecule has 5 heteroatoms. The van der Waals surface area contributed by atoms with Crippen LogP contribution >= 0.6 is 0 Å². The third kappa shape index (κ3) is 5.93. The van der Waals surface area contributed by atoms with Gasteiger partial charge < -0.3 is 9.84 Å². The first-order valence-electron chi connectivity index (χ1n) is 10.0. The number of nitrogens with zero attached hydrogens (tertiary/aromatic N) is 1. The van der Waals surface area contributed by atoms with Gasteiger partial charge in [0.1, 0.15) is 11.8 Å². The molecule has 2 rings (SSSR count). The number of alkyl halides is 1. The van der Waals surface area contributed by atoms with Crippen molar-refractivity contribution < 1.29 is 19.0 Å². The topological polar surface area (TPSA) is 49.8 Å². The van der Waals surface area contributed by atoms with E-state index in [1.54, 1.807) is 0 Å². The van der Waals surface area contributed by atoms with Crippen molar-refractivity contribution in [3.8, 4) is 5.75 Å². The molecular weight excluding hydrogens is 345 g/mol. The van der Waals surface area contributed by atoms with Crippen molar-refractivity contribution in [2.24, 2.45) is 0 Å². The number of halogens is 1. The van der Waals surface area contributed by atoms with Crippen LogP contribution in [-0.4, -0.2) is 41.8 Å². The molecule has 0 aliphatic carbocycles. The third-order valence-corrected chi connectivity index (χ3v) is 5.27. The first-order valence-corrected chi connectivity index (χ1v) is 10.0. The lowest BCUT2D eigenvalue weighted by molar-refractivity contribution is -0.144. The van der Waals surface area contributed by atoms with Gasteiger partial charge >= 0.3 is 5.97 Å². The minimum absolute atomic E-state index is 0.00557. The summed E-state index contributed by atoms with van der Waals surface area (Å²) in [5.41, 5.74) is 3.43. The zero-order chi connectivity index (χ0) is 20.0. The minimum Gasteiger partial charge on any atom is -0.493 e. The standard InChI is InChI=1S/C22H34FNO3/c1-16-13-17(15-24-11-7-5-9-19(24)21(25)26)20(27-12-8-6-10-23)14-18(16)22(2,3)4/h13-14,19H,5-12,15H2,1-4H3,(H,25,26)/t19-/m0/s1. The normalized spacial score (nSPS) is 18.5. The fourth-order valence-electron chi connectivity index (χ4n) is 3.87. The van der Waals surface area contributed by atoms with Gasteiger partial charge in [-0.15, -0.1) is 0 Å². The van der Waals surface area contributed by atoms with Crippen molar-refractivity contribution >= 4 is 5.97 Å². The first-order chi connectivity index (χ1) is 12.7. The lowest BCUT2D eigenvalue weighted by Crippen LogP contribution is -2.44. The van der Waals surface area contributed by atoms with Crippen LogP contribution < -0.4 is 4.74 Å². The fourth-order valence-corrected chi connectivity index (χ4v) is 3.87. The molecule has 0 bridgehead atoms. The highest BCUT2D eigenvalue weighted by molar-refractivity contribution is 5.73. The first kappa shape index (κ1) is 21.7. The molecule has 0 radical (unpaired) electrons. The SMILES string of the molecule is Cc1cc(CN2CCCC[C@H]2C(=O)O)c(OCCCCF)cc1C(C)(C)C. The quantitative estimate of drug-likeness (QED) is 0.655. The molecule has 1 aliphatic heterocycles. The van der Waals surface area contributed by atoms with Crippen LogP contribution in [0.5, 0.6) is 5.75 Å². The van der Waals surface area contributed by atoms with Gasteiger partial charge in [-0.3, -0.25) is 14.1 Å². The number of ether oxygens (including phenoxy) is 1. The second kappa shape index (κ2) is 9.54. The van der Waals surface area contributed by atoms with Gasteiger partial charge in [-0.1, -0.05) is 33.3 Å². The largest absolute Gasteiger partial charge is 0.493 e. The number of hydrogen-bond donors (Lipinski definition) is 1. The number of aryl methyl sites for hydroxylation is 1. The number of aliphatic carboxylic acids is 1. The number of hydrogen-bond acceptors (Lipinski definition) is 3. The van der Waals surface area contributed by atoms with E-state index >= 15 is 0 Å². The number of carboxylic acid groups (broad SMARTS) is 1. The molecule has 152 valence electrons. The van der Waals surface area contributed by atoms with E-state index in [0.717, 1.165) is 30.7 Å². The molecule has 1 heterocycles. The van der Waals surface area contributed by atoms with Crippen LogP contribution in [0.25, 0.3) is 0 Å². The Morgan fingerprint density at radius 3 is 2.67 bits per heavy atom. The second-order valence-corrected chi connectivity index (χ2v) is 8.59. The van der Waals surface area contributed by atoms with Gasteiger partial charge in [0.05, 0.1) is 13.3 Å². The fraction of sp³-hybridized carbons (Fsp3) is 0.682. The summed E-state index contributed by atoms with van der Waals surface area (Å²) in [6.45, 7) is 10.1. The number of piperidine rings is 1. The summed E-state index contributed by atoms with van der Waals surface area (Å²) in [7, 11) is 0. The van der Waals surface area contributed by atoms with Crippen LogP contribution in [-0.2, 0) is 16.8 Å². The zero-order valence-corrected chi connectivity index (χ0v) is 17.2. The Hall–Kier alpha value is -1.62. The molecular formula is C22H34FNO3. The van der Waals surface area contributed by atoms with E-state index in [0.29, 0.717) is 32.4 Å². The van der Waals surface area contributed by atoms with Gasteiger partial charge in [0.2, 0.25) is 0 Å². The van der Waals surface area contributed by atoms with E-state index in [-0.39, 0.29) is 12.1 Å². The smallest absolute Gasteiger partial charge is 0.320 e. The van der Waals surface area contributed by atoms with Crippen LogP contribution in [0.4, 0.5) is 4.39 Å². The number of benzene rings is 1. The molecule has 1 aromatic rings. The van der Waals surface area contributed by atoms with Crippen LogP contribution in [0.3, 0.4) is 0 Å². The molecule has 27 heavy (non-hydrogen) atoms. The van der Waals surface area contributed by atoms with Gasteiger partial charge in [-0.2, -0.15) is 0 Å². The molecule has 0 amide bonds. The summed E-state index contributed by atoms with van der Waals surface area (Å²) in [6, 6.07) is 3.80. The number of likely N-dealkylation sites (tertiary alicyclic amines) is 1. The summed E-state index contributed by atoms with van der Waals surface area (Å²) in [4.78, 5) is 13.7. The second-order valence-electron chi connectivity index (χ2n) is 8.59. The van der Waals surface area contributed by atoms with Crippen molar-refractivity contribution in [3.05, 3.63) is 28.8 Å². The summed E-state index contributed by atoms with van der Waals surface area (Å²) in [5, 5.41) is 9.55. The summed E-state index contributed by atoms with van der Waals surface area (Å²) < 4.78 is 18.4. The Balaban J connectivity index is 2.29. The van der Waals surface area contributed by atoms with Crippen LogP contribution in [0.2, 0.25) is 0 Å². The summed E-state index contributed by atoms with van der Waals surface area (Å²) in [5.74, 6) is 0.0576. The van der Waals surface area contributed by atoms with Gasteiger partial charge in [0.15, 0.2) is 0 Å². The molecule has 1 aromatic carbocycles. The van der Waals surface area contributed by atoms with E-state index in [9.17, 15) is 14.3 Å². The molecule has 4 nitrogen and oxygen atoms in total. The van der Waals surface area contributed by atoms with Gasteiger partial charge in [-0.05, 0) is 61.8 Å². The Bertz CT molecular complexity index is 639. The number of unbranched alkanes of at least 4 members (excludes halogenated alkanes) is 1. The highest BCUT2D eigenvalue weighted by atomic mass is 19.1. The lowest BCUT2D eigenvalue weighted by Gasteiger charge is -2.33. The van der Waals surface area contributed by atoms with Crippen molar-refractivity contribution in [2.45, 2.75) is 77.8 Å². The summed E-state index contributed by atoms with van der Waals surface area (Å²) in [6.07, 6.45) is 3.86. The highest BCUT2D eigenvalue weighted by Gasteiger charge is 2.29. The predicted molar refractivity (Wildman–Crippen MR) is 106 cm³/mol. The van der Waals surface area contributed by atoms with Crippen molar-refractivity contribution in [2.75, 3.05) is 19.8 Å². The molecule has 1 atom stereocenters. The van der Waals surface area contributed by atoms with Crippen molar-refractivity contribution in [1.29, 1.82) is 0 Å². The number of carboxylic acids is 1. The maximum absolute atomic E-state index is 12.4.